The van der Waals surface area contributed by atoms with Crippen LogP contribution in [0.2, 0.25) is 0 Å². The molecule has 0 aromatic rings. The van der Waals surface area contributed by atoms with E-state index in [-0.39, 0.29) is 0 Å². The average Bonchev–Trinajstić information content (AvgIpc) is 2.50. The minimum atomic E-state index is -7.42. The van der Waals surface area contributed by atoms with Crippen molar-refractivity contribution >= 4 is 10.5 Å². The summed E-state index contributed by atoms with van der Waals surface area (Å²) in [7, 11) is -0.533. The molecule has 0 aliphatic heterocycles. The molecular formula is C10H11F13OSi. The van der Waals surface area contributed by atoms with E-state index in [1.54, 1.807) is 0 Å². The molecule has 0 aliphatic rings. The van der Waals surface area contributed by atoms with Gasteiger partial charge in [0.15, 0.2) is 12.3 Å². The summed E-state index contributed by atoms with van der Waals surface area (Å²) < 4.78 is 172. The lowest BCUT2D eigenvalue weighted by Crippen LogP contribution is -2.69. The van der Waals surface area contributed by atoms with Crippen LogP contribution in [0.15, 0.2) is 0 Å². The minimum Gasteiger partial charge on any atom is -0.422 e. The molecule has 0 N–H and O–H groups in total. The maximum absolute atomic E-state index is 13.3. The van der Waals surface area contributed by atoms with Gasteiger partial charge in [0, 0.05) is 0 Å². The Bertz CT molecular complexity index is 443. The van der Waals surface area contributed by atoms with Gasteiger partial charge in [0.25, 0.3) is 6.43 Å². The van der Waals surface area contributed by atoms with Crippen LogP contribution < -0.4 is 0 Å². The predicted molar refractivity (Wildman–Crippen MR) is 61.0 cm³/mol. The maximum atomic E-state index is 13.3. The molecule has 0 radical (unpaired) electrons. The first-order chi connectivity index (χ1) is 10.9. The molecule has 0 saturated heterocycles. The standard InChI is InChI=1S/C10H11F13OSi/c1-2(24-25)4(12)7(16,17)9(20,21)10(22,23)8(18,19)5(13)3(11)6(14)15/h2-6H,1,25H3. The number of hydrogen-bond donors (Lipinski definition) is 0. The van der Waals surface area contributed by atoms with Crippen LogP contribution in [0, 0.1) is 0 Å². The molecule has 0 amide bonds. The Hall–Kier alpha value is -0.733. The molecule has 15 heteroatoms. The molecule has 152 valence electrons. The summed E-state index contributed by atoms with van der Waals surface area (Å²) in [6.07, 6.45) is -21.3. The molecule has 0 rings (SSSR count). The fourth-order valence-electron chi connectivity index (χ4n) is 1.51. The van der Waals surface area contributed by atoms with Gasteiger partial charge in [-0.25, -0.2) is 22.0 Å². The van der Waals surface area contributed by atoms with E-state index in [1.165, 1.54) is 0 Å². The van der Waals surface area contributed by atoms with Crippen molar-refractivity contribution in [1.29, 1.82) is 0 Å². The highest BCUT2D eigenvalue weighted by atomic mass is 28.2. The molecule has 1 nitrogen and oxygen atoms in total. The van der Waals surface area contributed by atoms with Crippen LogP contribution in [0.5, 0.6) is 0 Å². The molecule has 0 heterocycles. The van der Waals surface area contributed by atoms with Gasteiger partial charge in [0.05, 0.1) is 6.10 Å². The Labute approximate surface area is 135 Å². The quantitative estimate of drug-likeness (QED) is 0.409. The molecule has 0 fully saturated rings. The third-order valence-electron chi connectivity index (χ3n) is 3.23. The van der Waals surface area contributed by atoms with Crippen molar-refractivity contribution < 1.29 is 61.5 Å². The van der Waals surface area contributed by atoms with Gasteiger partial charge in [-0.05, 0) is 6.92 Å². The van der Waals surface area contributed by atoms with E-state index in [4.69, 9.17) is 0 Å². The van der Waals surface area contributed by atoms with Crippen LogP contribution in [0.4, 0.5) is 57.1 Å². The average molecular weight is 422 g/mol. The second-order valence-corrected chi connectivity index (χ2v) is 5.39. The summed E-state index contributed by atoms with van der Waals surface area (Å²) in [5.41, 5.74) is 0. The molecule has 0 aromatic heterocycles. The van der Waals surface area contributed by atoms with Gasteiger partial charge in [-0.1, -0.05) is 0 Å². The Balaban J connectivity index is 6.02. The highest BCUT2D eigenvalue weighted by molar-refractivity contribution is 5.98. The summed E-state index contributed by atoms with van der Waals surface area (Å²) in [6, 6.07) is 0. The van der Waals surface area contributed by atoms with Crippen molar-refractivity contribution in [2.45, 2.75) is 61.7 Å². The lowest BCUT2D eigenvalue weighted by Gasteiger charge is -2.39. The van der Waals surface area contributed by atoms with Crippen LogP contribution in [-0.4, -0.2) is 65.2 Å². The summed E-state index contributed by atoms with van der Waals surface area (Å²) in [5.74, 6) is -28.2. The third kappa shape index (κ3) is 3.85. The zero-order valence-corrected chi connectivity index (χ0v) is 14.2. The van der Waals surface area contributed by atoms with Crippen molar-refractivity contribution in [3.8, 4) is 0 Å². The molecule has 0 bridgehead atoms. The second kappa shape index (κ2) is 7.48. The summed E-state index contributed by atoms with van der Waals surface area (Å²) in [5, 5.41) is 0. The van der Waals surface area contributed by atoms with E-state index in [0.29, 0.717) is 6.92 Å². The normalized spacial score (nSPS) is 19.8. The van der Waals surface area contributed by atoms with Gasteiger partial charge in [0.1, 0.15) is 10.5 Å². The van der Waals surface area contributed by atoms with Crippen molar-refractivity contribution in [1.82, 2.24) is 0 Å². The topological polar surface area (TPSA) is 9.23 Å². The predicted octanol–water partition coefficient (Wildman–Crippen LogP) is 3.49. The summed E-state index contributed by atoms with van der Waals surface area (Å²) >= 11 is 0. The van der Waals surface area contributed by atoms with Gasteiger partial charge >= 0.3 is 23.7 Å². The summed E-state index contributed by atoms with van der Waals surface area (Å²) in [4.78, 5) is 0. The fraction of sp³-hybridized carbons (Fsp3) is 1.00. The Morgan fingerprint density at radius 2 is 1.00 bits per heavy atom. The van der Waals surface area contributed by atoms with Gasteiger partial charge in [-0.15, -0.1) is 0 Å². The minimum absolute atomic E-state index is 0.393. The monoisotopic (exact) mass is 422 g/mol. The highest BCUT2D eigenvalue weighted by Crippen LogP contribution is 2.56. The highest BCUT2D eigenvalue weighted by Gasteiger charge is 2.84. The van der Waals surface area contributed by atoms with E-state index >= 15 is 0 Å². The lowest BCUT2D eigenvalue weighted by atomic mass is 9.91. The molecule has 4 unspecified atom stereocenters. The molecule has 4 atom stereocenters. The van der Waals surface area contributed by atoms with E-state index in [1.807, 2.05) is 0 Å². The number of rotatable bonds is 9. The molecule has 0 saturated carbocycles. The van der Waals surface area contributed by atoms with Crippen LogP contribution in [0.25, 0.3) is 0 Å². The van der Waals surface area contributed by atoms with Gasteiger partial charge < -0.3 is 4.43 Å². The number of halogens is 13. The molecule has 0 spiro atoms. The molecule has 0 aromatic carbocycles. The zero-order valence-electron chi connectivity index (χ0n) is 12.2. The van der Waals surface area contributed by atoms with Crippen molar-refractivity contribution in [2.24, 2.45) is 0 Å². The van der Waals surface area contributed by atoms with E-state index in [2.05, 4.69) is 4.43 Å². The van der Waals surface area contributed by atoms with Crippen LogP contribution in [-0.2, 0) is 4.43 Å². The lowest BCUT2D eigenvalue weighted by molar-refractivity contribution is -0.389. The largest absolute Gasteiger partial charge is 0.422 e. The second-order valence-electron chi connectivity index (χ2n) is 4.92. The van der Waals surface area contributed by atoms with E-state index < -0.39 is 65.2 Å². The van der Waals surface area contributed by atoms with Crippen molar-refractivity contribution in [3.63, 3.8) is 0 Å². The van der Waals surface area contributed by atoms with Gasteiger partial charge in [-0.3, -0.25) is 0 Å². The zero-order chi connectivity index (χ0) is 20.6. The molecule has 25 heavy (non-hydrogen) atoms. The first kappa shape index (κ1) is 24.3. The van der Waals surface area contributed by atoms with Crippen molar-refractivity contribution in [2.75, 3.05) is 0 Å². The Morgan fingerprint density at radius 1 is 0.680 bits per heavy atom. The SMILES string of the molecule is CC(O[SiH3])C(F)C(F)(F)C(F)(F)C(F)(F)C(F)(F)C(F)C(F)C(F)F. The first-order valence-corrected chi connectivity index (χ1v) is 6.97. The first-order valence-electron chi connectivity index (χ1n) is 6.15. The van der Waals surface area contributed by atoms with Crippen LogP contribution >= 0.6 is 0 Å². The van der Waals surface area contributed by atoms with E-state index in [9.17, 15) is 57.1 Å². The number of hydrogen-bond acceptors (Lipinski definition) is 1. The Kier molecular flexibility index (Phi) is 7.26. The van der Waals surface area contributed by atoms with Gasteiger partial charge in [0.2, 0.25) is 6.17 Å². The number of alkyl halides is 13. The fourth-order valence-corrected chi connectivity index (χ4v) is 1.75. The molecular weight excluding hydrogens is 411 g/mol. The van der Waals surface area contributed by atoms with Crippen LogP contribution in [0.1, 0.15) is 6.92 Å². The van der Waals surface area contributed by atoms with Crippen molar-refractivity contribution in [3.05, 3.63) is 0 Å². The smallest absolute Gasteiger partial charge is 0.381 e. The van der Waals surface area contributed by atoms with Crippen LogP contribution in [0.3, 0.4) is 0 Å². The summed E-state index contributed by atoms with van der Waals surface area (Å²) in [6.45, 7) is 0.393. The maximum Gasteiger partial charge on any atom is 0.381 e. The third-order valence-corrected chi connectivity index (χ3v) is 3.97. The van der Waals surface area contributed by atoms with E-state index in [0.717, 1.165) is 0 Å². The Morgan fingerprint density at radius 3 is 1.28 bits per heavy atom. The molecule has 0 aliphatic carbocycles. The van der Waals surface area contributed by atoms with Gasteiger partial charge in [-0.2, -0.15) is 35.1 Å².